The second-order valence-corrected chi connectivity index (χ2v) is 16.9. The van der Waals surface area contributed by atoms with Gasteiger partial charge >= 0.3 is 0 Å². The molecule has 0 radical (unpaired) electrons. The third-order valence-corrected chi connectivity index (χ3v) is 14.3. The summed E-state index contributed by atoms with van der Waals surface area (Å²) in [5.74, 6) is -15.4. The van der Waals surface area contributed by atoms with Crippen molar-refractivity contribution in [2.45, 2.75) is 148 Å². The van der Waals surface area contributed by atoms with E-state index in [4.69, 9.17) is 0 Å². The molecule has 0 aromatic heterocycles. The van der Waals surface area contributed by atoms with Crippen LogP contribution in [0.15, 0.2) is 0 Å². The van der Waals surface area contributed by atoms with E-state index in [-0.39, 0.29) is 16.5 Å². The Hall–Kier alpha value is -0.946. The normalized spacial score (nSPS) is 64.8. The van der Waals surface area contributed by atoms with Crippen molar-refractivity contribution in [2.24, 2.45) is 47.3 Å². The van der Waals surface area contributed by atoms with E-state index in [0.29, 0.717) is 0 Å². The van der Waals surface area contributed by atoms with Crippen molar-refractivity contribution in [1.82, 2.24) is 42.5 Å². The zero-order valence-electron chi connectivity index (χ0n) is 28.8. The maximum absolute atomic E-state index is 15.8. The second kappa shape index (κ2) is 15.1. The predicted octanol–water partition coefficient (Wildman–Crippen LogP) is 1.77. The minimum atomic E-state index is -3.07. The summed E-state index contributed by atoms with van der Waals surface area (Å²) in [5.41, 5.74) is 0. The van der Waals surface area contributed by atoms with Crippen LogP contribution < -0.4 is 42.5 Å². The first-order valence-electron chi connectivity index (χ1n) is 18.8. The molecule has 5 heterocycles. The van der Waals surface area contributed by atoms with Gasteiger partial charge in [-0.1, -0.05) is 0 Å². The van der Waals surface area contributed by atoms with E-state index in [0.717, 1.165) is 0 Å². The Morgan fingerprint density at radius 2 is 0.246 bits per heavy atom. The fourth-order valence-corrected chi connectivity index (χ4v) is 11.8. The van der Waals surface area contributed by atoms with Crippen molar-refractivity contribution >= 4 is 0 Å². The largest absolute Gasteiger partial charge is 0.286 e. The van der Waals surface area contributed by atoms with Gasteiger partial charge in [0.2, 0.25) is 0 Å². The van der Waals surface area contributed by atoms with Gasteiger partial charge in [-0.25, -0.2) is 70.2 Å². The van der Waals surface area contributed by atoms with Gasteiger partial charge in [-0.05, 0) is 0 Å². The number of rotatable bonds is 0. The molecular weight excluding hydrogens is 859 g/mol. The Kier molecular flexibility index (Phi) is 11.4. The molecule has 4 aliphatic carbocycles. The Bertz CT molecular complexity index is 1170. The average Bonchev–Trinajstić information content (AvgIpc) is 3.92. The van der Waals surface area contributed by atoms with Gasteiger partial charge in [-0.3, -0.25) is 42.5 Å². The molecule has 8 N–H and O–H groups in total. The van der Waals surface area contributed by atoms with Gasteiger partial charge in [-0.15, -0.1) is 0 Å². The Balaban J connectivity index is 0.00000455. The summed E-state index contributed by atoms with van der Waals surface area (Å²) in [6, 6.07) is 0. The van der Waals surface area contributed by atoms with Crippen LogP contribution in [0, 0.1) is 47.3 Å². The van der Waals surface area contributed by atoms with Crippen LogP contribution in [0.1, 0.15) is 0 Å². The average molecular weight is 899 g/mol. The standard InChI is InChI=1S/C32H40F16N8.Ni/c33-9-1-2(10(34)18(42)17(9)41)26-49-25(1)53-27-3-4(12(36)20(44)19(43)11(3)35)29(50-27)55-31-7-8(16(40)24(48)23(47)15(7)39)32(52-31)56-30-6-5(28(51-30)54-26)13(37)21(45)22(46)14(6)38;/h1-32,49-56H;. The molecule has 0 amide bonds. The van der Waals surface area contributed by atoms with Crippen LogP contribution in [0.25, 0.3) is 0 Å². The van der Waals surface area contributed by atoms with Gasteiger partial charge in [0, 0.05) is 63.8 Å². The zero-order valence-corrected chi connectivity index (χ0v) is 29.8. The molecule has 9 aliphatic rings. The van der Waals surface area contributed by atoms with Crippen LogP contribution in [-0.2, 0) is 16.5 Å². The van der Waals surface area contributed by atoms with E-state index < -0.39 is 195 Å². The molecule has 330 valence electrons. The number of alkyl halides is 16. The van der Waals surface area contributed by atoms with Crippen molar-refractivity contribution in [3.05, 3.63) is 0 Å². The maximum Gasteiger partial charge on any atom is 0.165 e. The summed E-state index contributed by atoms with van der Waals surface area (Å²) >= 11 is 0. The van der Waals surface area contributed by atoms with Crippen LogP contribution in [0.2, 0.25) is 0 Å². The smallest absolute Gasteiger partial charge is 0.165 e. The van der Waals surface area contributed by atoms with Crippen LogP contribution in [0.5, 0.6) is 0 Å². The molecule has 9 rings (SSSR count). The Morgan fingerprint density at radius 3 is 0.333 bits per heavy atom. The first-order chi connectivity index (χ1) is 26.4. The number of fused-ring (bicyclic) bond motifs is 20. The third-order valence-electron chi connectivity index (χ3n) is 14.3. The van der Waals surface area contributed by atoms with Gasteiger partial charge in [-0.2, -0.15) is 0 Å². The minimum absolute atomic E-state index is 0. The second-order valence-electron chi connectivity index (χ2n) is 16.9. The van der Waals surface area contributed by atoms with Gasteiger partial charge < -0.3 is 0 Å². The zero-order chi connectivity index (χ0) is 40.1. The van der Waals surface area contributed by atoms with Gasteiger partial charge in [0.1, 0.15) is 49.4 Å². The van der Waals surface area contributed by atoms with E-state index in [1.54, 1.807) is 0 Å². The molecule has 9 fully saturated rings. The summed E-state index contributed by atoms with van der Waals surface area (Å²) in [6.07, 6.45) is -61.1. The van der Waals surface area contributed by atoms with E-state index in [9.17, 15) is 35.1 Å². The van der Waals surface area contributed by atoms with Crippen molar-refractivity contribution in [3.8, 4) is 0 Å². The maximum atomic E-state index is 15.8. The van der Waals surface area contributed by atoms with Crippen LogP contribution in [0.4, 0.5) is 70.2 Å². The summed E-state index contributed by atoms with van der Waals surface area (Å²) in [4.78, 5) is 0. The first kappa shape index (κ1) is 42.7. The SMILES string of the molecule is FC1C(F)C(F)C2C3NC(NC4NC(NC5NC(NC6NC(N3)C3C(F)C(F)C(F)C(F)C63)C3C(F)C(F)C(F)C(F)C53)C3C(F)C(F)C(F)C(F)C43)C2C1F.[Ni]. The molecule has 0 spiro atoms. The fraction of sp³-hybridized carbons (Fsp3) is 1.00. The van der Waals surface area contributed by atoms with Gasteiger partial charge in [0.25, 0.3) is 0 Å². The number of halogens is 16. The molecule has 0 aromatic rings. The molecule has 24 atom stereocenters. The molecule has 57 heavy (non-hydrogen) atoms. The van der Waals surface area contributed by atoms with Crippen molar-refractivity contribution in [2.75, 3.05) is 0 Å². The quantitative estimate of drug-likeness (QED) is 0.138. The van der Waals surface area contributed by atoms with Crippen molar-refractivity contribution in [3.63, 3.8) is 0 Å². The van der Waals surface area contributed by atoms with Crippen LogP contribution >= 0.6 is 0 Å². The van der Waals surface area contributed by atoms with Crippen LogP contribution in [0.3, 0.4) is 0 Å². The van der Waals surface area contributed by atoms with E-state index in [1.807, 2.05) is 0 Å². The topological polar surface area (TPSA) is 96.2 Å². The number of hydrogen-bond acceptors (Lipinski definition) is 8. The Morgan fingerprint density at radius 1 is 0.158 bits per heavy atom. The molecule has 0 aromatic carbocycles. The predicted molar refractivity (Wildman–Crippen MR) is 162 cm³/mol. The van der Waals surface area contributed by atoms with Crippen molar-refractivity contribution < 1.29 is 86.7 Å². The molecule has 5 aliphatic heterocycles. The molecule has 8 bridgehead atoms. The van der Waals surface area contributed by atoms with Gasteiger partial charge in [0.05, 0.1) is 49.3 Å². The van der Waals surface area contributed by atoms with E-state index in [1.165, 1.54) is 0 Å². The Labute approximate surface area is 324 Å². The molecule has 24 unspecified atom stereocenters. The van der Waals surface area contributed by atoms with E-state index in [2.05, 4.69) is 42.5 Å². The third kappa shape index (κ3) is 6.13. The summed E-state index contributed by atoms with van der Waals surface area (Å²) < 4.78 is 246. The monoisotopic (exact) mass is 898 g/mol. The molecule has 4 saturated carbocycles. The molecule has 25 heteroatoms. The van der Waals surface area contributed by atoms with Gasteiger partial charge in [0.15, 0.2) is 49.4 Å². The fourth-order valence-electron chi connectivity index (χ4n) is 11.8. The minimum Gasteiger partial charge on any atom is -0.286 e. The summed E-state index contributed by atoms with van der Waals surface area (Å²) in [7, 11) is 0. The molecule has 5 saturated heterocycles. The molecular formula is C32H40F16N8Ni. The summed E-state index contributed by atoms with van der Waals surface area (Å²) in [6.45, 7) is 0. The van der Waals surface area contributed by atoms with Crippen LogP contribution in [-0.4, -0.2) is 148 Å². The van der Waals surface area contributed by atoms with Crippen molar-refractivity contribution in [1.29, 1.82) is 0 Å². The first-order valence-corrected chi connectivity index (χ1v) is 18.8. The number of nitrogens with one attached hydrogen (secondary N) is 8. The molecule has 8 nitrogen and oxygen atoms in total. The summed E-state index contributed by atoms with van der Waals surface area (Å²) in [5, 5.41) is 21.0. The number of hydrogen-bond donors (Lipinski definition) is 8. The van der Waals surface area contributed by atoms with E-state index >= 15 is 35.1 Å².